The fourth-order valence-corrected chi connectivity index (χ4v) is 4.67. The lowest BCUT2D eigenvalue weighted by atomic mass is 10.1. The summed E-state index contributed by atoms with van der Waals surface area (Å²) in [5, 5.41) is 0. The molecule has 0 N–H and O–H groups in total. The molecule has 0 bridgehead atoms. The minimum absolute atomic E-state index is 0.0677. The van der Waals surface area contributed by atoms with Crippen LogP contribution < -0.4 is 9.47 Å². The maximum absolute atomic E-state index is 14.5. The van der Waals surface area contributed by atoms with Crippen molar-refractivity contribution in [2.75, 3.05) is 40.5 Å². The smallest absolute Gasteiger partial charge is 0.257 e. The molecule has 1 aromatic heterocycles. The third-order valence-corrected chi connectivity index (χ3v) is 6.78. The first-order chi connectivity index (χ1) is 18.9. The van der Waals surface area contributed by atoms with Crippen LogP contribution in [0.1, 0.15) is 40.3 Å². The average molecular weight is 539 g/mol. The number of hydrogen-bond donors (Lipinski definition) is 0. The summed E-state index contributed by atoms with van der Waals surface area (Å²) in [6, 6.07) is 15.1. The van der Waals surface area contributed by atoms with E-state index in [0.717, 1.165) is 24.2 Å². The van der Waals surface area contributed by atoms with Gasteiger partial charge in [-0.25, -0.2) is 4.39 Å². The fourth-order valence-electron chi connectivity index (χ4n) is 4.67. The summed E-state index contributed by atoms with van der Waals surface area (Å²) in [6.45, 7) is 3.06. The van der Waals surface area contributed by atoms with Gasteiger partial charge < -0.3 is 28.4 Å². The first kappa shape index (κ1) is 28.2. The van der Waals surface area contributed by atoms with Gasteiger partial charge in [-0.2, -0.15) is 0 Å². The summed E-state index contributed by atoms with van der Waals surface area (Å²) in [5.41, 5.74) is 0.890. The number of ether oxygens (including phenoxy) is 3. The number of rotatable bonds is 12. The molecule has 3 aromatic rings. The molecule has 0 unspecified atom stereocenters. The van der Waals surface area contributed by atoms with E-state index < -0.39 is 11.7 Å². The summed E-state index contributed by atoms with van der Waals surface area (Å²) in [5.74, 6) is 1.18. The number of hydrogen-bond acceptors (Lipinski definition) is 6. The molecule has 0 spiro atoms. The Kier molecular flexibility index (Phi) is 9.59. The van der Waals surface area contributed by atoms with E-state index in [1.54, 1.807) is 25.2 Å². The van der Waals surface area contributed by atoms with Crippen LogP contribution in [0.5, 0.6) is 11.5 Å². The van der Waals surface area contributed by atoms with Gasteiger partial charge in [-0.15, -0.1) is 0 Å². The molecule has 1 fully saturated rings. The minimum Gasteiger partial charge on any atom is -0.493 e. The minimum atomic E-state index is -0.622. The Morgan fingerprint density at radius 2 is 1.82 bits per heavy atom. The molecule has 1 aliphatic heterocycles. The molecule has 1 aliphatic rings. The molecule has 2 heterocycles. The third-order valence-electron chi connectivity index (χ3n) is 6.78. The van der Waals surface area contributed by atoms with Crippen LogP contribution in [0.25, 0.3) is 0 Å². The second-order valence-electron chi connectivity index (χ2n) is 9.57. The quantitative estimate of drug-likeness (QED) is 0.334. The summed E-state index contributed by atoms with van der Waals surface area (Å²) in [6.07, 6.45) is 2.01. The van der Waals surface area contributed by atoms with E-state index in [1.165, 1.54) is 23.1 Å². The van der Waals surface area contributed by atoms with Crippen LogP contribution in [-0.4, -0.2) is 68.2 Å². The van der Waals surface area contributed by atoms with Crippen molar-refractivity contribution in [1.29, 1.82) is 0 Å². The second-order valence-corrected chi connectivity index (χ2v) is 9.57. The van der Waals surface area contributed by atoms with Crippen LogP contribution in [0.4, 0.5) is 4.39 Å². The van der Waals surface area contributed by atoms with Crippen LogP contribution in [-0.2, 0) is 22.5 Å². The monoisotopic (exact) mass is 538 g/mol. The zero-order chi connectivity index (χ0) is 27.8. The van der Waals surface area contributed by atoms with Gasteiger partial charge in [-0.3, -0.25) is 9.59 Å². The van der Waals surface area contributed by atoms with Gasteiger partial charge in [0.2, 0.25) is 5.91 Å². The highest BCUT2D eigenvalue weighted by molar-refractivity contribution is 5.96. The molecule has 8 nitrogen and oxygen atoms in total. The Labute approximate surface area is 228 Å². The van der Waals surface area contributed by atoms with Crippen LogP contribution in [0, 0.1) is 12.7 Å². The Bertz CT molecular complexity index is 1270. The van der Waals surface area contributed by atoms with Crippen molar-refractivity contribution in [1.82, 2.24) is 9.80 Å². The molecule has 1 atom stereocenters. The van der Waals surface area contributed by atoms with E-state index in [1.807, 2.05) is 37.3 Å². The highest BCUT2D eigenvalue weighted by atomic mass is 19.1. The van der Waals surface area contributed by atoms with Gasteiger partial charge in [0.1, 0.15) is 23.9 Å². The summed E-state index contributed by atoms with van der Waals surface area (Å²) < 4.78 is 36.7. The normalized spacial score (nSPS) is 14.7. The van der Waals surface area contributed by atoms with Crippen molar-refractivity contribution in [3.05, 3.63) is 83.1 Å². The Morgan fingerprint density at radius 3 is 2.49 bits per heavy atom. The molecular weight excluding hydrogens is 503 g/mol. The second kappa shape index (κ2) is 13.3. The lowest BCUT2D eigenvalue weighted by Crippen LogP contribution is -2.46. The molecule has 9 heteroatoms. The topological polar surface area (TPSA) is 81.5 Å². The zero-order valence-corrected chi connectivity index (χ0v) is 22.7. The lowest BCUT2D eigenvalue weighted by Gasteiger charge is -2.29. The van der Waals surface area contributed by atoms with Crippen molar-refractivity contribution < 1.29 is 32.6 Å². The van der Waals surface area contributed by atoms with Gasteiger partial charge in [0.15, 0.2) is 11.5 Å². The number of carbonyl (C=O) groups is 2. The summed E-state index contributed by atoms with van der Waals surface area (Å²) >= 11 is 0. The first-order valence-corrected chi connectivity index (χ1v) is 13.1. The number of halogens is 1. The molecular formula is C30H35FN2O6. The fraction of sp³-hybridized carbons (Fsp3) is 0.400. The number of aryl methyl sites for hydroxylation is 1. The first-order valence-electron chi connectivity index (χ1n) is 13.1. The van der Waals surface area contributed by atoms with E-state index >= 15 is 0 Å². The van der Waals surface area contributed by atoms with E-state index in [-0.39, 0.29) is 37.2 Å². The van der Waals surface area contributed by atoms with Gasteiger partial charge in [0, 0.05) is 19.7 Å². The number of furan rings is 1. The van der Waals surface area contributed by atoms with Crippen molar-refractivity contribution in [2.45, 2.75) is 38.8 Å². The predicted octanol–water partition coefficient (Wildman–Crippen LogP) is 4.64. The molecule has 1 saturated heterocycles. The summed E-state index contributed by atoms with van der Waals surface area (Å²) in [4.78, 5) is 30.2. The number of amides is 2. The molecule has 2 amide bonds. The lowest BCUT2D eigenvalue weighted by molar-refractivity contribution is -0.133. The largest absolute Gasteiger partial charge is 0.493 e. The van der Waals surface area contributed by atoms with Crippen LogP contribution >= 0.6 is 0 Å². The number of benzene rings is 2. The van der Waals surface area contributed by atoms with Crippen LogP contribution in [0.3, 0.4) is 0 Å². The van der Waals surface area contributed by atoms with Gasteiger partial charge in [0.05, 0.1) is 32.4 Å². The molecule has 4 rings (SSSR count). The SMILES string of the molecule is COc1ccc(CCN(Cc2ccc(C)o2)C(=O)CN(C[C@H]2CCCO2)C(=O)c2ccccc2F)cc1OC. The maximum atomic E-state index is 14.5. The number of nitrogens with zero attached hydrogens (tertiary/aromatic N) is 2. The average Bonchev–Trinajstić information content (AvgIpc) is 3.61. The number of methoxy groups -OCH3 is 2. The molecule has 0 aliphatic carbocycles. The van der Waals surface area contributed by atoms with E-state index in [2.05, 4.69) is 0 Å². The number of carbonyl (C=O) groups excluding carboxylic acids is 2. The van der Waals surface area contributed by atoms with Gasteiger partial charge in [-0.05, 0) is 68.1 Å². The zero-order valence-electron chi connectivity index (χ0n) is 22.7. The van der Waals surface area contributed by atoms with Crippen molar-refractivity contribution >= 4 is 11.8 Å². The highest BCUT2D eigenvalue weighted by Gasteiger charge is 2.28. The van der Waals surface area contributed by atoms with E-state index in [0.29, 0.717) is 36.8 Å². The van der Waals surface area contributed by atoms with E-state index in [9.17, 15) is 14.0 Å². The van der Waals surface area contributed by atoms with Gasteiger partial charge >= 0.3 is 0 Å². The Morgan fingerprint density at radius 1 is 1.03 bits per heavy atom. The molecule has 0 radical (unpaired) electrons. The van der Waals surface area contributed by atoms with Crippen molar-refractivity contribution in [3.63, 3.8) is 0 Å². The Hall–Kier alpha value is -3.85. The highest BCUT2D eigenvalue weighted by Crippen LogP contribution is 2.28. The molecule has 2 aromatic carbocycles. The Balaban J connectivity index is 1.54. The van der Waals surface area contributed by atoms with E-state index in [4.69, 9.17) is 18.6 Å². The predicted molar refractivity (Wildman–Crippen MR) is 143 cm³/mol. The van der Waals surface area contributed by atoms with Crippen LogP contribution in [0.15, 0.2) is 59.0 Å². The van der Waals surface area contributed by atoms with Crippen molar-refractivity contribution in [2.24, 2.45) is 0 Å². The molecule has 208 valence electrons. The molecule has 39 heavy (non-hydrogen) atoms. The standard InChI is InChI=1S/C30H35FN2O6/c1-21-10-12-24(39-21)19-32(15-14-22-11-13-27(36-2)28(17-22)37-3)29(34)20-33(18-23-7-6-16-38-23)30(35)25-8-4-5-9-26(25)31/h4-5,8-13,17,23H,6-7,14-16,18-20H2,1-3H3/t23-/m1/s1. The summed E-state index contributed by atoms with van der Waals surface area (Å²) in [7, 11) is 3.15. The van der Waals surface area contributed by atoms with Crippen molar-refractivity contribution in [3.8, 4) is 11.5 Å². The van der Waals surface area contributed by atoms with Gasteiger partial charge in [0.25, 0.3) is 5.91 Å². The molecule has 0 saturated carbocycles. The van der Waals surface area contributed by atoms with Gasteiger partial charge in [-0.1, -0.05) is 18.2 Å². The van der Waals surface area contributed by atoms with Crippen LogP contribution in [0.2, 0.25) is 0 Å². The third kappa shape index (κ3) is 7.38. The maximum Gasteiger partial charge on any atom is 0.257 e.